The van der Waals surface area contributed by atoms with Gasteiger partial charge in [-0.15, -0.1) is 0 Å². The van der Waals surface area contributed by atoms with Gasteiger partial charge in [-0.3, -0.25) is 14.4 Å². The van der Waals surface area contributed by atoms with E-state index in [1.165, 1.54) is 23.9 Å². The summed E-state index contributed by atoms with van der Waals surface area (Å²) >= 11 is 1.35. The van der Waals surface area contributed by atoms with Crippen LogP contribution in [0.2, 0.25) is 0 Å². The number of likely N-dealkylation sites (tertiary alicyclic amines) is 2. The number of piperidine rings is 1. The van der Waals surface area contributed by atoms with Crippen molar-refractivity contribution in [2.24, 2.45) is 10.9 Å². The van der Waals surface area contributed by atoms with E-state index in [2.05, 4.69) is 22.1 Å². The first-order valence-corrected chi connectivity index (χ1v) is 12.7. The molecule has 0 radical (unpaired) electrons. The van der Waals surface area contributed by atoms with Crippen LogP contribution in [0.5, 0.6) is 0 Å². The summed E-state index contributed by atoms with van der Waals surface area (Å²) in [6, 6.07) is 6.26. The van der Waals surface area contributed by atoms with Crippen LogP contribution in [0, 0.1) is 5.92 Å². The van der Waals surface area contributed by atoms with Crippen molar-refractivity contribution in [3.63, 3.8) is 0 Å². The molecule has 2 fully saturated rings. The molecular weight excluding hydrogens is 456 g/mol. The standard InChI is InChI=1S/C24H30N4O5S/c1-16-8-12-27(13-9-16)21(30)15-33-23(32)17-4-6-18(7-5-17)25-20(29)14-19-22(31)26-24(34-19)28-10-2-3-11-28/h4-7,16,19H,2-3,8-15H2,1H3,(H,25,29)/t19-/m0/s1. The van der Waals surface area contributed by atoms with Crippen molar-refractivity contribution in [1.29, 1.82) is 0 Å². The Morgan fingerprint density at radius 2 is 1.76 bits per heavy atom. The van der Waals surface area contributed by atoms with Crippen molar-refractivity contribution in [3.05, 3.63) is 29.8 Å². The lowest BCUT2D eigenvalue weighted by Crippen LogP contribution is -2.40. The Morgan fingerprint density at radius 3 is 2.44 bits per heavy atom. The lowest BCUT2D eigenvalue weighted by Gasteiger charge is -2.30. The Bertz CT molecular complexity index is 966. The number of esters is 1. The molecule has 34 heavy (non-hydrogen) atoms. The minimum Gasteiger partial charge on any atom is -0.452 e. The zero-order valence-corrected chi connectivity index (χ0v) is 20.1. The smallest absolute Gasteiger partial charge is 0.338 e. The number of carbonyl (C=O) groups is 4. The maximum absolute atomic E-state index is 12.4. The molecule has 1 atom stereocenters. The monoisotopic (exact) mass is 486 g/mol. The molecule has 1 aromatic rings. The third-order valence-corrected chi connectivity index (χ3v) is 7.56. The molecule has 9 nitrogen and oxygen atoms in total. The highest BCUT2D eigenvalue weighted by atomic mass is 32.2. The number of carbonyl (C=O) groups excluding carboxylic acids is 4. The highest BCUT2D eigenvalue weighted by molar-refractivity contribution is 8.15. The van der Waals surface area contributed by atoms with Crippen molar-refractivity contribution in [2.45, 2.75) is 44.3 Å². The average molecular weight is 487 g/mol. The minimum absolute atomic E-state index is 0.0333. The number of benzene rings is 1. The Hall–Kier alpha value is -2.88. The molecule has 0 aromatic heterocycles. The first-order chi connectivity index (χ1) is 16.4. The van der Waals surface area contributed by atoms with Crippen LogP contribution in [0.15, 0.2) is 29.3 Å². The predicted octanol–water partition coefficient (Wildman–Crippen LogP) is 2.52. The van der Waals surface area contributed by atoms with Crippen molar-refractivity contribution >= 4 is 46.3 Å². The van der Waals surface area contributed by atoms with Crippen LogP contribution in [0.3, 0.4) is 0 Å². The summed E-state index contributed by atoms with van der Waals surface area (Å²) in [6.45, 7) is 5.09. The molecule has 1 N–H and O–H groups in total. The second kappa shape index (κ2) is 11.0. The number of hydrogen-bond acceptors (Lipinski definition) is 7. The number of hydrogen-bond donors (Lipinski definition) is 1. The van der Waals surface area contributed by atoms with E-state index < -0.39 is 11.2 Å². The normalized spacial score (nSPS) is 20.9. The third kappa shape index (κ3) is 6.16. The highest BCUT2D eigenvalue weighted by Crippen LogP contribution is 2.29. The third-order valence-electron chi connectivity index (χ3n) is 6.34. The maximum atomic E-state index is 12.4. The van der Waals surface area contributed by atoms with Gasteiger partial charge in [0, 0.05) is 38.3 Å². The molecule has 4 rings (SSSR count). The van der Waals surface area contributed by atoms with Gasteiger partial charge in [0.25, 0.3) is 11.8 Å². The summed E-state index contributed by atoms with van der Waals surface area (Å²) in [6.07, 6.45) is 4.15. The van der Waals surface area contributed by atoms with Gasteiger partial charge in [0.1, 0.15) is 5.25 Å². The van der Waals surface area contributed by atoms with E-state index in [1.807, 2.05) is 0 Å². The molecule has 182 valence electrons. The summed E-state index contributed by atoms with van der Waals surface area (Å²) < 4.78 is 5.17. The fourth-order valence-electron chi connectivity index (χ4n) is 4.18. The van der Waals surface area contributed by atoms with E-state index in [1.54, 1.807) is 17.0 Å². The summed E-state index contributed by atoms with van der Waals surface area (Å²) in [5, 5.41) is 2.96. The number of thioether (sulfide) groups is 1. The van der Waals surface area contributed by atoms with E-state index in [0.29, 0.717) is 30.3 Å². The lowest BCUT2D eigenvalue weighted by molar-refractivity contribution is -0.135. The molecule has 3 aliphatic heterocycles. The zero-order chi connectivity index (χ0) is 24.1. The second-order valence-electron chi connectivity index (χ2n) is 9.00. The number of amides is 3. The average Bonchev–Trinajstić information content (AvgIpc) is 3.48. The lowest BCUT2D eigenvalue weighted by atomic mass is 9.99. The van der Waals surface area contributed by atoms with Gasteiger partial charge in [-0.05, 0) is 55.9 Å². The Morgan fingerprint density at radius 1 is 1.09 bits per heavy atom. The van der Waals surface area contributed by atoms with Gasteiger partial charge in [-0.25, -0.2) is 4.79 Å². The quantitative estimate of drug-likeness (QED) is 0.616. The number of rotatable bonds is 6. The molecule has 0 unspecified atom stereocenters. The molecule has 0 spiro atoms. The largest absolute Gasteiger partial charge is 0.452 e. The topological polar surface area (TPSA) is 108 Å². The fourth-order valence-corrected chi connectivity index (χ4v) is 5.30. The maximum Gasteiger partial charge on any atom is 0.338 e. The molecular formula is C24H30N4O5S. The van der Waals surface area contributed by atoms with Gasteiger partial charge in [0.15, 0.2) is 11.8 Å². The van der Waals surface area contributed by atoms with Crippen LogP contribution >= 0.6 is 11.8 Å². The van der Waals surface area contributed by atoms with Crippen LogP contribution in [0.1, 0.15) is 49.4 Å². The zero-order valence-electron chi connectivity index (χ0n) is 19.3. The molecule has 3 amide bonds. The van der Waals surface area contributed by atoms with Gasteiger partial charge in [-0.2, -0.15) is 4.99 Å². The molecule has 0 bridgehead atoms. The Kier molecular flexibility index (Phi) is 7.87. The molecule has 3 heterocycles. The number of anilines is 1. The predicted molar refractivity (Wildman–Crippen MR) is 130 cm³/mol. The van der Waals surface area contributed by atoms with E-state index in [0.717, 1.165) is 43.9 Å². The van der Waals surface area contributed by atoms with Crippen molar-refractivity contribution in [3.8, 4) is 0 Å². The SMILES string of the molecule is CC1CCN(C(=O)COC(=O)c2ccc(NC(=O)C[C@@H]3SC(N4CCCC4)=NC3=O)cc2)CC1. The Balaban J connectivity index is 1.21. The number of ether oxygens (including phenoxy) is 1. The van der Waals surface area contributed by atoms with Crippen LogP contribution < -0.4 is 5.32 Å². The number of nitrogens with zero attached hydrogens (tertiary/aromatic N) is 3. The molecule has 0 saturated carbocycles. The summed E-state index contributed by atoms with van der Waals surface area (Å²) in [7, 11) is 0. The number of amidine groups is 1. The Labute approximate surface area is 203 Å². The minimum atomic E-state index is -0.587. The molecule has 3 aliphatic rings. The van der Waals surface area contributed by atoms with Gasteiger partial charge < -0.3 is 19.9 Å². The first-order valence-electron chi connectivity index (χ1n) is 11.8. The van der Waals surface area contributed by atoms with Gasteiger partial charge in [0.2, 0.25) is 5.91 Å². The number of aliphatic imine (C=N–C) groups is 1. The van der Waals surface area contributed by atoms with Crippen LogP contribution in [0.4, 0.5) is 5.69 Å². The van der Waals surface area contributed by atoms with Crippen molar-refractivity contribution in [2.75, 3.05) is 38.1 Å². The van der Waals surface area contributed by atoms with Gasteiger partial charge >= 0.3 is 5.97 Å². The molecule has 1 aromatic carbocycles. The second-order valence-corrected chi connectivity index (χ2v) is 10.2. The summed E-state index contributed by atoms with van der Waals surface area (Å²) in [5.41, 5.74) is 0.805. The summed E-state index contributed by atoms with van der Waals surface area (Å²) in [5.74, 6) is -0.713. The van der Waals surface area contributed by atoms with Gasteiger partial charge in [-0.1, -0.05) is 18.7 Å². The molecule has 0 aliphatic carbocycles. The van der Waals surface area contributed by atoms with Crippen LogP contribution in [0.25, 0.3) is 0 Å². The van der Waals surface area contributed by atoms with Crippen molar-refractivity contribution in [1.82, 2.24) is 9.80 Å². The molecule has 2 saturated heterocycles. The van der Waals surface area contributed by atoms with E-state index in [4.69, 9.17) is 4.74 Å². The van der Waals surface area contributed by atoms with E-state index in [9.17, 15) is 19.2 Å². The first kappa shape index (κ1) is 24.3. The van der Waals surface area contributed by atoms with Crippen LogP contribution in [-0.4, -0.2) is 76.7 Å². The van der Waals surface area contributed by atoms with Gasteiger partial charge in [0.05, 0.1) is 5.56 Å². The fraction of sp³-hybridized carbons (Fsp3) is 0.542. The van der Waals surface area contributed by atoms with Crippen molar-refractivity contribution < 1.29 is 23.9 Å². The molecule has 10 heteroatoms. The highest BCUT2D eigenvalue weighted by Gasteiger charge is 2.33. The number of nitrogens with one attached hydrogen (secondary N) is 1. The summed E-state index contributed by atoms with van der Waals surface area (Å²) in [4.78, 5) is 57.1. The van der Waals surface area contributed by atoms with E-state index >= 15 is 0 Å². The van der Waals surface area contributed by atoms with Crippen LogP contribution in [-0.2, 0) is 19.1 Å². The van der Waals surface area contributed by atoms with E-state index in [-0.39, 0.29) is 30.7 Å².